The van der Waals surface area contributed by atoms with Crippen LogP contribution < -0.4 is 5.73 Å². The summed E-state index contributed by atoms with van der Waals surface area (Å²) in [7, 11) is 0. The van der Waals surface area contributed by atoms with Crippen LogP contribution in [0.15, 0.2) is 0 Å². The van der Waals surface area contributed by atoms with Gasteiger partial charge in [0.1, 0.15) is 0 Å². The normalized spacial score (nSPS) is 26.8. The number of hydrogen-bond acceptors (Lipinski definition) is 3. The average molecular weight is 241 g/mol. The molecule has 3 N–H and O–H groups in total. The van der Waals surface area contributed by atoms with Gasteiger partial charge in [0.15, 0.2) is 0 Å². The largest absolute Gasteiger partial charge is 0.481 e. The fourth-order valence-electron chi connectivity index (χ4n) is 2.35. The van der Waals surface area contributed by atoms with Gasteiger partial charge in [0.2, 0.25) is 0 Å². The summed E-state index contributed by atoms with van der Waals surface area (Å²) in [6.45, 7) is 4.14. The molecule has 0 saturated carbocycles. The Morgan fingerprint density at radius 3 is 2.41 bits per heavy atom. The number of likely N-dealkylation sites (tertiary alicyclic amines) is 2. The van der Waals surface area contributed by atoms with Crippen LogP contribution in [-0.4, -0.2) is 59.1 Å². The van der Waals surface area contributed by atoms with E-state index in [9.17, 15) is 9.59 Å². The van der Waals surface area contributed by atoms with Gasteiger partial charge in [0.05, 0.1) is 5.92 Å². The molecule has 0 aromatic heterocycles. The van der Waals surface area contributed by atoms with Crippen LogP contribution in [0.25, 0.3) is 0 Å². The van der Waals surface area contributed by atoms with Gasteiger partial charge in [-0.2, -0.15) is 0 Å². The molecule has 0 aromatic rings. The molecule has 0 aromatic carbocycles. The van der Waals surface area contributed by atoms with Gasteiger partial charge in [0.25, 0.3) is 0 Å². The molecule has 2 heterocycles. The van der Waals surface area contributed by atoms with Crippen LogP contribution >= 0.6 is 0 Å². The molecule has 2 amide bonds. The van der Waals surface area contributed by atoms with E-state index in [1.165, 1.54) is 0 Å². The van der Waals surface area contributed by atoms with Crippen LogP contribution in [-0.2, 0) is 4.79 Å². The fourth-order valence-corrected chi connectivity index (χ4v) is 2.35. The molecule has 0 radical (unpaired) electrons. The van der Waals surface area contributed by atoms with Gasteiger partial charge >= 0.3 is 12.0 Å². The molecule has 2 atom stereocenters. The number of carboxylic acids is 1. The minimum atomic E-state index is -0.787. The first-order valence-electron chi connectivity index (χ1n) is 6.01. The molecular formula is C11H19N3O3. The van der Waals surface area contributed by atoms with E-state index in [2.05, 4.69) is 0 Å². The van der Waals surface area contributed by atoms with Crippen molar-refractivity contribution in [2.75, 3.05) is 26.2 Å². The summed E-state index contributed by atoms with van der Waals surface area (Å²) in [4.78, 5) is 26.2. The third kappa shape index (κ3) is 2.36. The van der Waals surface area contributed by atoms with Gasteiger partial charge < -0.3 is 20.6 Å². The molecule has 17 heavy (non-hydrogen) atoms. The number of urea groups is 1. The first-order valence-corrected chi connectivity index (χ1v) is 6.01. The number of carbonyl (C=O) groups excluding carboxylic acids is 1. The van der Waals surface area contributed by atoms with Gasteiger partial charge in [-0.15, -0.1) is 0 Å². The van der Waals surface area contributed by atoms with Crippen molar-refractivity contribution in [3.63, 3.8) is 0 Å². The summed E-state index contributed by atoms with van der Waals surface area (Å²) in [5.74, 6) is -1.07. The maximum atomic E-state index is 12.0. The number of aliphatic carboxylic acids is 1. The number of amides is 2. The van der Waals surface area contributed by atoms with Gasteiger partial charge in [0, 0.05) is 38.1 Å². The number of carboxylic acid groups (broad SMARTS) is 1. The SMILES string of the molecule is CC(C(=O)O)C1CN(C(=O)N2CCC(N)C2)C1. The second-order valence-corrected chi connectivity index (χ2v) is 5.07. The van der Waals surface area contributed by atoms with E-state index in [1.54, 1.807) is 16.7 Å². The minimum absolute atomic E-state index is 0.00629. The van der Waals surface area contributed by atoms with Crippen molar-refractivity contribution in [2.24, 2.45) is 17.6 Å². The molecule has 0 bridgehead atoms. The smallest absolute Gasteiger partial charge is 0.320 e. The van der Waals surface area contributed by atoms with Crippen molar-refractivity contribution in [3.8, 4) is 0 Å². The highest BCUT2D eigenvalue weighted by Gasteiger charge is 2.39. The zero-order valence-electron chi connectivity index (χ0n) is 10.0. The highest BCUT2D eigenvalue weighted by Crippen LogP contribution is 2.25. The Morgan fingerprint density at radius 2 is 1.94 bits per heavy atom. The van der Waals surface area contributed by atoms with E-state index in [-0.39, 0.29) is 23.9 Å². The molecule has 2 unspecified atom stereocenters. The molecule has 2 rings (SSSR count). The Kier molecular flexibility index (Phi) is 3.24. The predicted molar refractivity (Wildman–Crippen MR) is 61.4 cm³/mol. The lowest BCUT2D eigenvalue weighted by molar-refractivity contribution is -0.144. The Hall–Kier alpha value is -1.30. The summed E-state index contributed by atoms with van der Waals surface area (Å²) in [6.07, 6.45) is 0.856. The molecule has 6 heteroatoms. The van der Waals surface area contributed by atoms with Gasteiger partial charge in [-0.3, -0.25) is 4.79 Å². The second-order valence-electron chi connectivity index (χ2n) is 5.07. The highest BCUT2D eigenvalue weighted by molar-refractivity contribution is 5.76. The molecule has 2 aliphatic rings. The van der Waals surface area contributed by atoms with Crippen LogP contribution in [0.1, 0.15) is 13.3 Å². The summed E-state index contributed by atoms with van der Waals surface area (Å²) in [5, 5.41) is 8.86. The topological polar surface area (TPSA) is 86.9 Å². The summed E-state index contributed by atoms with van der Waals surface area (Å²) < 4.78 is 0. The molecule has 0 spiro atoms. The maximum absolute atomic E-state index is 12.0. The summed E-state index contributed by atoms with van der Waals surface area (Å²) in [6, 6.07) is 0.0979. The standard InChI is InChI=1S/C11H19N3O3/c1-7(10(15)16)8-4-14(5-8)11(17)13-3-2-9(12)6-13/h7-9H,2-6,12H2,1H3,(H,15,16). The van der Waals surface area contributed by atoms with Crippen LogP contribution in [0.2, 0.25) is 0 Å². The zero-order valence-corrected chi connectivity index (χ0v) is 10.0. The van der Waals surface area contributed by atoms with Crippen molar-refractivity contribution in [1.29, 1.82) is 0 Å². The van der Waals surface area contributed by atoms with Crippen LogP contribution in [0, 0.1) is 11.8 Å². The van der Waals surface area contributed by atoms with Crippen molar-refractivity contribution < 1.29 is 14.7 Å². The number of carbonyl (C=O) groups is 2. The highest BCUT2D eigenvalue weighted by atomic mass is 16.4. The Balaban J connectivity index is 1.79. The first-order chi connectivity index (χ1) is 7.99. The quantitative estimate of drug-likeness (QED) is 0.700. The summed E-state index contributed by atoms with van der Waals surface area (Å²) >= 11 is 0. The fraction of sp³-hybridized carbons (Fsp3) is 0.818. The number of nitrogens with two attached hydrogens (primary N) is 1. The summed E-state index contributed by atoms with van der Waals surface area (Å²) in [5.41, 5.74) is 5.75. The predicted octanol–water partition coefficient (Wildman–Crippen LogP) is -0.208. The third-order valence-electron chi connectivity index (χ3n) is 3.77. The Bertz CT molecular complexity index is 328. The Morgan fingerprint density at radius 1 is 1.29 bits per heavy atom. The van der Waals surface area contributed by atoms with E-state index in [1.807, 2.05) is 0 Å². The van der Waals surface area contributed by atoms with E-state index >= 15 is 0 Å². The van der Waals surface area contributed by atoms with Crippen molar-refractivity contribution in [2.45, 2.75) is 19.4 Å². The van der Waals surface area contributed by atoms with E-state index in [0.717, 1.165) is 13.0 Å². The maximum Gasteiger partial charge on any atom is 0.320 e. The first kappa shape index (κ1) is 12.2. The lowest BCUT2D eigenvalue weighted by atomic mass is 9.87. The zero-order chi connectivity index (χ0) is 12.6. The lowest BCUT2D eigenvalue weighted by Gasteiger charge is -2.42. The van der Waals surface area contributed by atoms with Crippen molar-refractivity contribution in [1.82, 2.24) is 9.80 Å². The van der Waals surface area contributed by atoms with Crippen molar-refractivity contribution in [3.05, 3.63) is 0 Å². The Labute approximate surface area is 100 Å². The van der Waals surface area contributed by atoms with Gasteiger partial charge in [-0.1, -0.05) is 6.92 Å². The van der Waals surface area contributed by atoms with E-state index < -0.39 is 5.97 Å². The van der Waals surface area contributed by atoms with Crippen LogP contribution in [0.3, 0.4) is 0 Å². The van der Waals surface area contributed by atoms with Crippen LogP contribution in [0.4, 0.5) is 4.79 Å². The second kappa shape index (κ2) is 4.52. The number of rotatable bonds is 2. The molecule has 96 valence electrons. The van der Waals surface area contributed by atoms with E-state index in [4.69, 9.17) is 10.8 Å². The molecule has 2 fully saturated rings. The monoisotopic (exact) mass is 241 g/mol. The molecule has 6 nitrogen and oxygen atoms in total. The van der Waals surface area contributed by atoms with Crippen molar-refractivity contribution >= 4 is 12.0 Å². The minimum Gasteiger partial charge on any atom is -0.481 e. The van der Waals surface area contributed by atoms with Gasteiger partial charge in [-0.25, -0.2) is 4.79 Å². The molecular weight excluding hydrogens is 222 g/mol. The molecule has 0 aliphatic carbocycles. The van der Waals surface area contributed by atoms with Crippen LogP contribution in [0.5, 0.6) is 0 Å². The average Bonchev–Trinajstić information content (AvgIpc) is 2.62. The lowest BCUT2D eigenvalue weighted by Crippen LogP contribution is -2.57. The number of nitrogens with zero attached hydrogens (tertiary/aromatic N) is 2. The number of hydrogen-bond donors (Lipinski definition) is 2. The molecule has 2 aliphatic heterocycles. The molecule has 2 saturated heterocycles. The van der Waals surface area contributed by atoms with Gasteiger partial charge in [-0.05, 0) is 6.42 Å². The third-order valence-corrected chi connectivity index (χ3v) is 3.77. The van der Waals surface area contributed by atoms with E-state index in [0.29, 0.717) is 19.6 Å².